The number of carbonyl (C=O) groups is 2. The Hall–Kier alpha value is -1.88. The first kappa shape index (κ1) is 15.2. The maximum Gasteiger partial charge on any atom is 0.335 e. The standard InChI is InChI=1S/C14H20N2O3/c1-10(7-13(17)15-2)16(3)9-11-5-4-6-12(8-11)14(18)19/h4-6,8,10H,7,9H2,1-3H3,(H,15,17)(H,18,19)/t10-/m0/s1. The van der Waals surface area contributed by atoms with E-state index in [-0.39, 0.29) is 17.5 Å². The minimum absolute atomic E-state index is 0.00126. The number of carbonyl (C=O) groups excluding carboxylic acids is 1. The first-order chi connectivity index (χ1) is 8.93. The number of hydrogen-bond donors (Lipinski definition) is 2. The molecule has 0 saturated carbocycles. The van der Waals surface area contributed by atoms with Crippen molar-refractivity contribution in [2.24, 2.45) is 0 Å². The number of nitrogens with one attached hydrogen (secondary N) is 1. The molecule has 0 spiro atoms. The Kier molecular flexibility index (Phi) is 5.51. The van der Waals surface area contributed by atoms with E-state index in [0.717, 1.165) is 5.56 Å². The Morgan fingerprint density at radius 2 is 2.11 bits per heavy atom. The van der Waals surface area contributed by atoms with E-state index in [0.29, 0.717) is 13.0 Å². The molecule has 0 aliphatic carbocycles. The van der Waals surface area contributed by atoms with Crippen LogP contribution < -0.4 is 5.32 Å². The van der Waals surface area contributed by atoms with Crippen LogP contribution in [0.5, 0.6) is 0 Å². The number of rotatable bonds is 6. The molecule has 0 aliphatic rings. The van der Waals surface area contributed by atoms with E-state index in [4.69, 9.17) is 5.11 Å². The minimum Gasteiger partial charge on any atom is -0.478 e. The summed E-state index contributed by atoms with van der Waals surface area (Å²) in [6.07, 6.45) is 0.422. The maximum atomic E-state index is 11.3. The topological polar surface area (TPSA) is 69.6 Å². The second-order valence-corrected chi connectivity index (χ2v) is 4.65. The number of hydrogen-bond acceptors (Lipinski definition) is 3. The van der Waals surface area contributed by atoms with Gasteiger partial charge in [-0.05, 0) is 31.7 Å². The summed E-state index contributed by atoms with van der Waals surface area (Å²) in [5.41, 5.74) is 1.20. The molecule has 0 bridgehead atoms. The lowest BCUT2D eigenvalue weighted by molar-refractivity contribution is -0.121. The second-order valence-electron chi connectivity index (χ2n) is 4.65. The van der Waals surface area contributed by atoms with Crippen LogP contribution in [0.25, 0.3) is 0 Å². The van der Waals surface area contributed by atoms with Gasteiger partial charge in [0.2, 0.25) is 5.91 Å². The third-order valence-corrected chi connectivity index (χ3v) is 3.12. The van der Waals surface area contributed by atoms with Crippen molar-refractivity contribution in [3.05, 3.63) is 35.4 Å². The van der Waals surface area contributed by atoms with Crippen LogP contribution in [0, 0.1) is 0 Å². The summed E-state index contributed by atoms with van der Waals surface area (Å²) in [5, 5.41) is 11.5. The van der Waals surface area contributed by atoms with Crippen LogP contribution in [-0.4, -0.2) is 42.0 Å². The van der Waals surface area contributed by atoms with Crippen LogP contribution in [0.1, 0.15) is 29.3 Å². The first-order valence-electron chi connectivity index (χ1n) is 6.17. The summed E-state index contributed by atoms with van der Waals surface area (Å²) in [6, 6.07) is 6.94. The summed E-state index contributed by atoms with van der Waals surface area (Å²) < 4.78 is 0. The van der Waals surface area contributed by atoms with Gasteiger partial charge in [0.15, 0.2) is 0 Å². The van der Waals surface area contributed by atoms with Gasteiger partial charge in [0.1, 0.15) is 0 Å². The summed E-state index contributed by atoms with van der Waals surface area (Å²) in [6.45, 7) is 2.58. The van der Waals surface area contributed by atoms with Gasteiger partial charge in [0, 0.05) is 26.1 Å². The molecule has 1 atom stereocenters. The fourth-order valence-electron chi connectivity index (χ4n) is 1.77. The minimum atomic E-state index is -0.928. The number of carboxylic acid groups (broad SMARTS) is 1. The van der Waals surface area contributed by atoms with Gasteiger partial charge in [-0.15, -0.1) is 0 Å². The molecule has 1 rings (SSSR count). The highest BCUT2D eigenvalue weighted by Gasteiger charge is 2.13. The Morgan fingerprint density at radius 1 is 1.42 bits per heavy atom. The number of benzene rings is 1. The normalized spacial score (nSPS) is 12.2. The molecule has 104 valence electrons. The Labute approximate surface area is 113 Å². The average molecular weight is 264 g/mol. The van der Waals surface area contributed by atoms with E-state index < -0.39 is 5.97 Å². The molecule has 5 nitrogen and oxygen atoms in total. The van der Waals surface area contributed by atoms with E-state index in [1.54, 1.807) is 25.2 Å². The summed E-state index contributed by atoms with van der Waals surface area (Å²) in [4.78, 5) is 24.2. The Bertz CT molecular complexity index is 460. The van der Waals surface area contributed by atoms with Crippen LogP contribution in [0.15, 0.2) is 24.3 Å². The quantitative estimate of drug-likeness (QED) is 0.813. The maximum absolute atomic E-state index is 11.3. The van der Waals surface area contributed by atoms with Crippen molar-refractivity contribution >= 4 is 11.9 Å². The van der Waals surface area contributed by atoms with Crippen molar-refractivity contribution in [2.45, 2.75) is 25.9 Å². The Balaban J connectivity index is 2.65. The van der Waals surface area contributed by atoms with Crippen LogP contribution in [0.3, 0.4) is 0 Å². The molecular formula is C14H20N2O3. The molecule has 0 radical (unpaired) electrons. The van der Waals surface area contributed by atoms with Crippen LogP contribution in [0.4, 0.5) is 0 Å². The fraction of sp³-hybridized carbons (Fsp3) is 0.429. The van der Waals surface area contributed by atoms with Crippen molar-refractivity contribution in [1.29, 1.82) is 0 Å². The third kappa shape index (κ3) is 4.71. The van der Waals surface area contributed by atoms with Gasteiger partial charge < -0.3 is 10.4 Å². The molecular weight excluding hydrogens is 244 g/mol. The van der Waals surface area contributed by atoms with Crippen LogP contribution >= 0.6 is 0 Å². The fourth-order valence-corrected chi connectivity index (χ4v) is 1.77. The molecule has 0 unspecified atom stereocenters. The van der Waals surface area contributed by atoms with Crippen molar-refractivity contribution in [1.82, 2.24) is 10.2 Å². The SMILES string of the molecule is CNC(=O)C[C@H](C)N(C)Cc1cccc(C(=O)O)c1. The zero-order valence-electron chi connectivity index (χ0n) is 11.5. The van der Waals surface area contributed by atoms with Crippen molar-refractivity contribution in [3.8, 4) is 0 Å². The van der Waals surface area contributed by atoms with E-state index >= 15 is 0 Å². The molecule has 0 aromatic heterocycles. The lowest BCUT2D eigenvalue weighted by Gasteiger charge is -2.24. The highest BCUT2D eigenvalue weighted by atomic mass is 16.4. The monoisotopic (exact) mass is 264 g/mol. The third-order valence-electron chi connectivity index (χ3n) is 3.12. The molecule has 1 aromatic rings. The molecule has 0 aliphatic heterocycles. The molecule has 0 heterocycles. The largest absolute Gasteiger partial charge is 0.478 e. The van der Waals surface area contributed by atoms with Gasteiger partial charge in [-0.1, -0.05) is 12.1 Å². The lowest BCUT2D eigenvalue weighted by Crippen LogP contribution is -2.33. The average Bonchev–Trinajstić information content (AvgIpc) is 2.38. The number of nitrogens with zero attached hydrogens (tertiary/aromatic N) is 1. The van der Waals surface area contributed by atoms with E-state index in [1.807, 2.05) is 24.9 Å². The zero-order valence-corrected chi connectivity index (χ0v) is 11.5. The number of aromatic carboxylic acids is 1. The van der Waals surface area contributed by atoms with Crippen LogP contribution in [-0.2, 0) is 11.3 Å². The molecule has 2 N–H and O–H groups in total. The van der Waals surface area contributed by atoms with Crippen molar-refractivity contribution in [2.75, 3.05) is 14.1 Å². The predicted molar refractivity (Wildman–Crippen MR) is 73.0 cm³/mol. The summed E-state index contributed by atoms with van der Waals surface area (Å²) >= 11 is 0. The highest BCUT2D eigenvalue weighted by Crippen LogP contribution is 2.11. The Morgan fingerprint density at radius 3 is 2.68 bits per heavy atom. The second kappa shape index (κ2) is 6.89. The van der Waals surface area contributed by atoms with Gasteiger partial charge >= 0.3 is 5.97 Å². The van der Waals surface area contributed by atoms with Crippen LogP contribution in [0.2, 0.25) is 0 Å². The first-order valence-corrected chi connectivity index (χ1v) is 6.17. The van der Waals surface area contributed by atoms with Gasteiger partial charge in [0.25, 0.3) is 0 Å². The van der Waals surface area contributed by atoms with Gasteiger partial charge in [-0.3, -0.25) is 9.69 Å². The molecule has 1 amide bonds. The van der Waals surface area contributed by atoms with Crippen molar-refractivity contribution < 1.29 is 14.7 Å². The van der Waals surface area contributed by atoms with Gasteiger partial charge in [-0.2, -0.15) is 0 Å². The van der Waals surface area contributed by atoms with Gasteiger partial charge in [0.05, 0.1) is 5.56 Å². The molecule has 5 heteroatoms. The predicted octanol–water partition coefficient (Wildman–Crippen LogP) is 1.34. The van der Waals surface area contributed by atoms with E-state index in [9.17, 15) is 9.59 Å². The lowest BCUT2D eigenvalue weighted by atomic mass is 10.1. The van der Waals surface area contributed by atoms with E-state index in [1.165, 1.54) is 0 Å². The highest BCUT2D eigenvalue weighted by molar-refractivity contribution is 5.87. The van der Waals surface area contributed by atoms with E-state index in [2.05, 4.69) is 5.32 Å². The molecule has 1 aromatic carbocycles. The van der Waals surface area contributed by atoms with Gasteiger partial charge in [-0.25, -0.2) is 4.79 Å². The van der Waals surface area contributed by atoms with Crippen molar-refractivity contribution in [3.63, 3.8) is 0 Å². The zero-order chi connectivity index (χ0) is 14.4. The number of amides is 1. The molecule has 0 fully saturated rings. The smallest absolute Gasteiger partial charge is 0.335 e. The summed E-state index contributed by atoms with van der Waals surface area (Å²) in [7, 11) is 3.53. The molecule has 19 heavy (non-hydrogen) atoms. The summed E-state index contributed by atoms with van der Waals surface area (Å²) in [5.74, 6) is -0.929. The number of carboxylic acids is 1. The molecule has 0 saturated heterocycles.